The van der Waals surface area contributed by atoms with Gasteiger partial charge in [0, 0.05) is 31.7 Å². The second kappa shape index (κ2) is 7.55. The van der Waals surface area contributed by atoms with E-state index in [-0.39, 0.29) is 5.91 Å². The molecule has 150 valence electrons. The van der Waals surface area contributed by atoms with Crippen molar-refractivity contribution in [3.05, 3.63) is 72.1 Å². The van der Waals surface area contributed by atoms with Crippen LogP contribution in [0.5, 0.6) is 0 Å². The fourth-order valence-electron chi connectivity index (χ4n) is 3.82. The molecule has 0 bridgehead atoms. The zero-order valence-electron chi connectivity index (χ0n) is 16.6. The van der Waals surface area contributed by atoms with Gasteiger partial charge >= 0.3 is 0 Å². The third-order valence-electron chi connectivity index (χ3n) is 5.46. The number of benzene rings is 2. The van der Waals surface area contributed by atoms with Crippen LogP contribution in [0.15, 0.2) is 60.9 Å². The highest BCUT2D eigenvalue weighted by Crippen LogP contribution is 2.24. The number of anilines is 1. The van der Waals surface area contributed by atoms with Gasteiger partial charge in [0.15, 0.2) is 17.0 Å². The average Bonchev–Trinajstić information content (AvgIpc) is 3.24. The van der Waals surface area contributed by atoms with Crippen molar-refractivity contribution in [1.82, 2.24) is 29.9 Å². The molecule has 0 atom stereocenters. The number of amides is 1. The predicted molar refractivity (Wildman–Crippen MR) is 114 cm³/mol. The van der Waals surface area contributed by atoms with Gasteiger partial charge < -0.3 is 9.80 Å². The van der Waals surface area contributed by atoms with Crippen LogP contribution < -0.4 is 4.90 Å². The van der Waals surface area contributed by atoms with Gasteiger partial charge in [0.1, 0.15) is 6.33 Å². The summed E-state index contributed by atoms with van der Waals surface area (Å²) in [6.45, 7) is 4.60. The number of piperazine rings is 1. The summed E-state index contributed by atoms with van der Waals surface area (Å²) < 4.78 is 1.72. The molecule has 0 unspecified atom stereocenters. The van der Waals surface area contributed by atoms with E-state index >= 15 is 0 Å². The number of carbonyl (C=O) groups excluding carboxylic acids is 1. The minimum absolute atomic E-state index is 0.0793. The second-order valence-electron chi connectivity index (χ2n) is 7.30. The van der Waals surface area contributed by atoms with Crippen molar-refractivity contribution in [1.29, 1.82) is 0 Å². The van der Waals surface area contributed by atoms with E-state index in [9.17, 15) is 4.79 Å². The first-order valence-electron chi connectivity index (χ1n) is 9.94. The predicted octanol–water partition coefficient (Wildman–Crippen LogP) is 2.48. The van der Waals surface area contributed by atoms with Crippen molar-refractivity contribution in [3.8, 4) is 5.69 Å². The molecule has 3 heterocycles. The molecule has 8 nitrogen and oxygen atoms in total. The lowest BCUT2D eigenvalue weighted by molar-refractivity contribution is 0.0746. The van der Waals surface area contributed by atoms with Gasteiger partial charge in [0.25, 0.3) is 5.91 Å². The van der Waals surface area contributed by atoms with E-state index in [4.69, 9.17) is 0 Å². The lowest BCUT2D eigenvalue weighted by Gasteiger charge is -2.35. The molecule has 5 rings (SSSR count). The number of aromatic nitrogens is 5. The standard InChI is InChI=1S/C22H21N7O/c1-16-7-5-6-10-18(16)22(30)28-13-11-27(12-14-28)20-19-21(24-15-23-20)29(26-25-19)17-8-3-2-4-9-17/h2-10,15H,11-14H2,1H3. The summed E-state index contributed by atoms with van der Waals surface area (Å²) in [5.41, 5.74) is 4.00. The van der Waals surface area contributed by atoms with Crippen molar-refractivity contribution in [2.24, 2.45) is 0 Å². The summed E-state index contributed by atoms with van der Waals surface area (Å²) in [4.78, 5) is 25.8. The van der Waals surface area contributed by atoms with Gasteiger partial charge in [-0.15, -0.1) is 5.10 Å². The summed E-state index contributed by atoms with van der Waals surface area (Å²) >= 11 is 0. The third-order valence-corrected chi connectivity index (χ3v) is 5.46. The molecular weight excluding hydrogens is 378 g/mol. The summed E-state index contributed by atoms with van der Waals surface area (Å²) in [5, 5.41) is 8.64. The number of nitrogens with zero attached hydrogens (tertiary/aromatic N) is 7. The fraction of sp³-hybridized carbons (Fsp3) is 0.227. The first-order chi connectivity index (χ1) is 14.7. The molecule has 2 aromatic heterocycles. The second-order valence-corrected chi connectivity index (χ2v) is 7.30. The minimum Gasteiger partial charge on any atom is -0.351 e. The summed E-state index contributed by atoms with van der Waals surface area (Å²) in [7, 11) is 0. The molecule has 0 saturated carbocycles. The monoisotopic (exact) mass is 399 g/mol. The van der Waals surface area contributed by atoms with Crippen molar-refractivity contribution in [2.75, 3.05) is 31.1 Å². The van der Waals surface area contributed by atoms with E-state index in [1.807, 2.05) is 66.4 Å². The van der Waals surface area contributed by atoms with Crippen LogP contribution >= 0.6 is 0 Å². The number of rotatable bonds is 3. The van der Waals surface area contributed by atoms with E-state index < -0.39 is 0 Å². The van der Waals surface area contributed by atoms with Crippen molar-refractivity contribution < 1.29 is 4.79 Å². The van der Waals surface area contributed by atoms with Gasteiger partial charge in [-0.05, 0) is 30.7 Å². The van der Waals surface area contributed by atoms with Crippen molar-refractivity contribution in [3.63, 3.8) is 0 Å². The van der Waals surface area contributed by atoms with E-state index in [0.29, 0.717) is 37.3 Å². The maximum Gasteiger partial charge on any atom is 0.254 e. The molecule has 1 aliphatic heterocycles. The number of aryl methyl sites for hydroxylation is 1. The molecule has 2 aromatic carbocycles. The summed E-state index contributed by atoms with van der Waals surface area (Å²) in [6.07, 6.45) is 1.55. The highest BCUT2D eigenvalue weighted by molar-refractivity contribution is 5.95. The Kier molecular flexibility index (Phi) is 4.59. The van der Waals surface area contributed by atoms with Gasteiger partial charge in [-0.2, -0.15) is 4.68 Å². The van der Waals surface area contributed by atoms with E-state index in [1.54, 1.807) is 11.0 Å². The number of hydrogen-bond donors (Lipinski definition) is 0. The first-order valence-corrected chi connectivity index (χ1v) is 9.94. The molecule has 30 heavy (non-hydrogen) atoms. The highest BCUT2D eigenvalue weighted by atomic mass is 16.2. The summed E-state index contributed by atoms with van der Waals surface area (Å²) in [6, 6.07) is 17.5. The average molecular weight is 399 g/mol. The molecule has 1 amide bonds. The smallest absolute Gasteiger partial charge is 0.254 e. The van der Waals surface area contributed by atoms with Gasteiger partial charge in [-0.1, -0.05) is 41.6 Å². The molecule has 8 heteroatoms. The van der Waals surface area contributed by atoms with Gasteiger partial charge in [0.05, 0.1) is 5.69 Å². The zero-order valence-corrected chi connectivity index (χ0v) is 16.6. The number of carbonyl (C=O) groups is 1. The molecule has 0 radical (unpaired) electrons. The Balaban J connectivity index is 1.37. The van der Waals surface area contributed by atoms with Gasteiger partial charge in [0.2, 0.25) is 0 Å². The van der Waals surface area contributed by atoms with Crippen LogP contribution in [0.2, 0.25) is 0 Å². The van der Waals surface area contributed by atoms with Crippen LogP contribution in [-0.2, 0) is 0 Å². The van der Waals surface area contributed by atoms with Crippen molar-refractivity contribution >= 4 is 22.9 Å². The molecule has 4 aromatic rings. The Hall–Kier alpha value is -3.81. The molecule has 0 N–H and O–H groups in total. The highest BCUT2D eigenvalue weighted by Gasteiger charge is 2.26. The summed E-state index contributed by atoms with van der Waals surface area (Å²) in [5.74, 6) is 0.834. The Morgan fingerprint density at radius 1 is 0.900 bits per heavy atom. The van der Waals surface area contributed by atoms with E-state index in [0.717, 1.165) is 22.6 Å². The SMILES string of the molecule is Cc1ccccc1C(=O)N1CCN(c2ncnc3c2nnn3-c2ccccc2)CC1. The fourth-order valence-corrected chi connectivity index (χ4v) is 3.82. The van der Waals surface area contributed by atoms with Crippen LogP contribution in [-0.4, -0.2) is 61.9 Å². The normalized spacial score (nSPS) is 14.3. The zero-order chi connectivity index (χ0) is 20.5. The molecular formula is C22H21N7O. The Bertz CT molecular complexity index is 1200. The molecule has 0 aliphatic carbocycles. The van der Waals surface area contributed by atoms with E-state index in [2.05, 4.69) is 25.2 Å². The number of para-hydroxylation sites is 1. The molecule has 1 fully saturated rings. The Morgan fingerprint density at radius 3 is 2.40 bits per heavy atom. The molecule has 1 saturated heterocycles. The van der Waals surface area contributed by atoms with Gasteiger partial charge in [-0.3, -0.25) is 4.79 Å². The Morgan fingerprint density at radius 2 is 1.63 bits per heavy atom. The van der Waals surface area contributed by atoms with Crippen molar-refractivity contribution in [2.45, 2.75) is 6.92 Å². The quantitative estimate of drug-likeness (QED) is 0.527. The van der Waals surface area contributed by atoms with Crippen LogP contribution in [0, 0.1) is 6.92 Å². The third kappa shape index (κ3) is 3.16. The lowest BCUT2D eigenvalue weighted by Crippen LogP contribution is -2.49. The Labute approximate surface area is 173 Å². The topological polar surface area (TPSA) is 80.0 Å². The first kappa shape index (κ1) is 18.2. The van der Waals surface area contributed by atoms with Crippen LogP contribution in [0.3, 0.4) is 0 Å². The molecule has 0 spiro atoms. The minimum atomic E-state index is 0.0793. The van der Waals surface area contributed by atoms with Crippen LogP contribution in [0.4, 0.5) is 5.82 Å². The lowest BCUT2D eigenvalue weighted by atomic mass is 10.1. The van der Waals surface area contributed by atoms with Crippen LogP contribution in [0.1, 0.15) is 15.9 Å². The number of hydrogen-bond acceptors (Lipinski definition) is 6. The van der Waals surface area contributed by atoms with E-state index in [1.165, 1.54) is 0 Å². The molecule has 1 aliphatic rings. The largest absolute Gasteiger partial charge is 0.351 e. The van der Waals surface area contributed by atoms with Crippen LogP contribution in [0.25, 0.3) is 16.9 Å². The maximum absolute atomic E-state index is 12.9. The maximum atomic E-state index is 12.9. The van der Waals surface area contributed by atoms with Gasteiger partial charge in [-0.25, -0.2) is 9.97 Å². The number of fused-ring (bicyclic) bond motifs is 1.